The van der Waals surface area contributed by atoms with Crippen molar-refractivity contribution in [3.8, 4) is 22.6 Å². The molecule has 1 aliphatic rings. The lowest BCUT2D eigenvalue weighted by atomic mass is 10.0. The van der Waals surface area contributed by atoms with Crippen LogP contribution < -0.4 is 10.8 Å². The first-order chi connectivity index (χ1) is 30.2. The Labute approximate surface area is 361 Å². The number of hydrogen-bond donors (Lipinski definition) is 4. The van der Waals surface area contributed by atoms with Crippen molar-refractivity contribution in [1.82, 2.24) is 0 Å². The highest BCUT2D eigenvalue weighted by Crippen LogP contribution is 2.44. The van der Waals surface area contributed by atoms with Gasteiger partial charge in [-0.25, -0.2) is 0 Å². The van der Waals surface area contributed by atoms with Gasteiger partial charge < -0.3 is 15.5 Å². The van der Waals surface area contributed by atoms with Crippen LogP contribution in [0.1, 0.15) is 50.8 Å². The fraction of sp³-hybridized carbons (Fsp3) is 0.0800. The molecule has 0 aliphatic heterocycles. The van der Waals surface area contributed by atoms with Gasteiger partial charge >= 0.3 is 0 Å². The van der Waals surface area contributed by atoms with E-state index in [-0.39, 0.29) is 40.8 Å². The molecule has 0 atom stereocenters. The second-order valence-corrected chi connectivity index (χ2v) is 15.2. The largest absolute Gasteiger partial charge is 0.505 e. The maximum Gasteiger partial charge on any atom is 0.259 e. The van der Waals surface area contributed by atoms with Crippen LogP contribution in [0.2, 0.25) is 5.02 Å². The maximum absolute atomic E-state index is 13.9. The lowest BCUT2D eigenvalue weighted by Crippen LogP contribution is -2.12. The molecule has 0 saturated carbocycles. The summed E-state index contributed by atoms with van der Waals surface area (Å²) in [6, 6.07) is 43.5. The number of azo groups is 2. The molecule has 0 bridgehead atoms. The molecule has 0 radical (unpaired) electrons. The second kappa shape index (κ2) is 17.1. The number of nitrogens with zero attached hydrogens (tertiary/aromatic N) is 4. The van der Waals surface area contributed by atoms with E-state index in [2.05, 4.69) is 38.2 Å². The zero-order valence-electron chi connectivity index (χ0n) is 33.3. The van der Waals surface area contributed by atoms with Gasteiger partial charge in [0.05, 0.1) is 27.6 Å². The lowest BCUT2D eigenvalue weighted by Gasteiger charge is -2.12. The molecule has 11 nitrogen and oxygen atoms in total. The standard InChI is InChI=1S/C50H37ClN6O5/c1-2-10-29-11-9-14-33(23-29)52-50(61)42-25-31-13-4-6-16-37(31)46(49(42)60)56-54-35-20-22-39-38-21-19-34(26-40(38)48(59)41(39)27-35)53-55-45-36-15-5-3-12-30(36)24-32(47(45)58)28-62-57-44-18-8-7-17-43(44)51/h3-9,11-27,57-58,60H,2,10,28H2,1H3,(H,52,61). The molecule has 0 unspecified atom stereocenters. The summed E-state index contributed by atoms with van der Waals surface area (Å²) >= 11 is 6.24. The predicted molar refractivity (Wildman–Crippen MR) is 243 cm³/mol. The summed E-state index contributed by atoms with van der Waals surface area (Å²) in [7, 11) is 0. The topological polar surface area (TPSA) is 157 Å². The Morgan fingerprint density at radius 3 is 1.92 bits per heavy atom. The molecule has 12 heteroatoms. The Balaban J connectivity index is 0.962. The van der Waals surface area contributed by atoms with Crippen LogP contribution in [0, 0.1) is 0 Å². The fourth-order valence-electron chi connectivity index (χ4n) is 7.60. The van der Waals surface area contributed by atoms with Gasteiger partial charge in [-0.05, 0) is 94.5 Å². The van der Waals surface area contributed by atoms with Crippen LogP contribution in [-0.4, -0.2) is 21.9 Å². The van der Waals surface area contributed by atoms with E-state index in [1.807, 2.05) is 91.0 Å². The first-order valence-corrected chi connectivity index (χ1v) is 20.3. The Bertz CT molecular complexity index is 3150. The number of amides is 1. The van der Waals surface area contributed by atoms with Crippen molar-refractivity contribution in [3.63, 3.8) is 0 Å². The van der Waals surface area contributed by atoms with E-state index < -0.39 is 5.91 Å². The number of aromatic hydroxyl groups is 2. The van der Waals surface area contributed by atoms with Crippen LogP contribution in [0.15, 0.2) is 166 Å². The van der Waals surface area contributed by atoms with Gasteiger partial charge in [0.2, 0.25) is 0 Å². The molecule has 8 aromatic carbocycles. The first-order valence-electron chi connectivity index (χ1n) is 19.9. The van der Waals surface area contributed by atoms with E-state index in [9.17, 15) is 19.8 Å². The molecule has 0 fully saturated rings. The van der Waals surface area contributed by atoms with E-state index >= 15 is 0 Å². The quantitative estimate of drug-likeness (QED) is 0.0708. The van der Waals surface area contributed by atoms with E-state index in [1.54, 1.807) is 54.6 Å². The molecule has 0 aromatic heterocycles. The SMILES string of the molecule is CCCc1cccc(NC(=O)c2cc3ccccc3c(N=Nc3ccc4c(c3)C(=O)c3cc(N=Nc5c(O)c(CONc6ccccc6Cl)cc6ccccc56)ccc3-4)c2O)c1. The minimum Gasteiger partial charge on any atom is -0.505 e. The number of phenols is 2. The average molecular weight is 837 g/mol. The Hall–Kier alpha value is -7.73. The van der Waals surface area contributed by atoms with Crippen molar-refractivity contribution in [3.05, 3.63) is 178 Å². The molecule has 1 aliphatic carbocycles. The number of fused-ring (bicyclic) bond motifs is 5. The molecular weight excluding hydrogens is 800 g/mol. The van der Waals surface area contributed by atoms with Gasteiger partial charge in [-0.3, -0.25) is 19.9 Å². The summed E-state index contributed by atoms with van der Waals surface area (Å²) in [6.07, 6.45) is 1.85. The highest BCUT2D eigenvalue weighted by Gasteiger charge is 2.28. The van der Waals surface area contributed by atoms with Crippen molar-refractivity contribution < 1.29 is 24.6 Å². The van der Waals surface area contributed by atoms with Crippen molar-refractivity contribution in [2.24, 2.45) is 20.5 Å². The number of aryl methyl sites for hydroxylation is 1. The normalized spacial score (nSPS) is 12.1. The number of para-hydroxylation sites is 1. The number of anilines is 2. The number of phenolic OH excluding ortho intramolecular Hbond substituents is 2. The summed E-state index contributed by atoms with van der Waals surface area (Å²) in [6.45, 7) is 2.10. The third-order valence-electron chi connectivity index (χ3n) is 10.6. The number of benzene rings is 8. The number of rotatable bonds is 12. The Kier molecular flexibility index (Phi) is 11.0. The maximum atomic E-state index is 13.9. The highest BCUT2D eigenvalue weighted by atomic mass is 35.5. The van der Waals surface area contributed by atoms with Crippen LogP contribution in [0.3, 0.4) is 0 Å². The van der Waals surface area contributed by atoms with E-state index in [1.165, 1.54) is 0 Å². The van der Waals surface area contributed by atoms with Gasteiger partial charge in [-0.1, -0.05) is 110 Å². The predicted octanol–water partition coefficient (Wildman–Crippen LogP) is 13.8. The number of ketones is 1. The third kappa shape index (κ3) is 7.85. The van der Waals surface area contributed by atoms with Crippen LogP contribution >= 0.6 is 11.6 Å². The van der Waals surface area contributed by atoms with Crippen molar-refractivity contribution >= 4 is 79.0 Å². The van der Waals surface area contributed by atoms with E-state index in [0.29, 0.717) is 60.6 Å². The molecule has 4 N–H and O–H groups in total. The third-order valence-corrected chi connectivity index (χ3v) is 11.0. The van der Waals surface area contributed by atoms with Crippen LogP contribution in [0.25, 0.3) is 32.7 Å². The minimum atomic E-state index is -0.482. The molecular formula is C50H37ClN6O5. The van der Waals surface area contributed by atoms with E-state index in [0.717, 1.165) is 34.9 Å². The Morgan fingerprint density at radius 1 is 0.645 bits per heavy atom. The lowest BCUT2D eigenvalue weighted by molar-refractivity contribution is 0.102. The van der Waals surface area contributed by atoms with Crippen molar-refractivity contribution in [1.29, 1.82) is 0 Å². The van der Waals surface area contributed by atoms with Crippen molar-refractivity contribution in [2.75, 3.05) is 10.8 Å². The average Bonchev–Trinajstić information content (AvgIpc) is 3.56. The van der Waals surface area contributed by atoms with Gasteiger partial charge in [0.25, 0.3) is 5.91 Å². The fourth-order valence-corrected chi connectivity index (χ4v) is 7.77. The molecule has 304 valence electrons. The smallest absolute Gasteiger partial charge is 0.259 e. The number of carbonyl (C=O) groups excluding carboxylic acids is 2. The number of halogens is 1. The van der Waals surface area contributed by atoms with Crippen molar-refractivity contribution in [2.45, 2.75) is 26.4 Å². The summed E-state index contributed by atoms with van der Waals surface area (Å²) in [5.74, 6) is -1.11. The Morgan fingerprint density at radius 2 is 1.26 bits per heavy atom. The van der Waals surface area contributed by atoms with Gasteiger partial charge in [-0.15, -0.1) is 10.2 Å². The summed E-state index contributed by atoms with van der Waals surface area (Å²) in [5.41, 5.74) is 9.18. The molecule has 0 saturated heterocycles. The van der Waals surface area contributed by atoms with Crippen LogP contribution in [-0.2, 0) is 17.9 Å². The number of hydrogen-bond acceptors (Lipinski definition) is 10. The first kappa shape index (κ1) is 39.7. The minimum absolute atomic E-state index is 0.00745. The van der Waals surface area contributed by atoms with Gasteiger partial charge in [0.1, 0.15) is 23.7 Å². The van der Waals surface area contributed by atoms with Gasteiger partial charge in [0.15, 0.2) is 11.5 Å². The monoisotopic (exact) mass is 836 g/mol. The number of carbonyl (C=O) groups is 2. The summed E-state index contributed by atoms with van der Waals surface area (Å²) < 4.78 is 0. The van der Waals surface area contributed by atoms with Crippen LogP contribution in [0.4, 0.5) is 34.1 Å². The van der Waals surface area contributed by atoms with E-state index in [4.69, 9.17) is 16.4 Å². The van der Waals surface area contributed by atoms with Gasteiger partial charge in [-0.2, -0.15) is 10.2 Å². The summed E-state index contributed by atoms with van der Waals surface area (Å²) in [5, 5.41) is 46.9. The second-order valence-electron chi connectivity index (χ2n) is 14.8. The number of nitrogens with one attached hydrogen (secondary N) is 2. The molecule has 9 rings (SSSR count). The highest BCUT2D eigenvalue weighted by molar-refractivity contribution is 6.33. The van der Waals surface area contributed by atoms with Crippen LogP contribution in [0.5, 0.6) is 11.5 Å². The zero-order chi connectivity index (χ0) is 42.7. The molecule has 0 spiro atoms. The summed E-state index contributed by atoms with van der Waals surface area (Å²) in [4.78, 5) is 33.1. The van der Waals surface area contributed by atoms with Gasteiger partial charge in [0, 0.05) is 33.2 Å². The molecule has 8 aromatic rings. The molecule has 62 heavy (non-hydrogen) atoms. The molecule has 1 amide bonds. The zero-order valence-corrected chi connectivity index (χ0v) is 34.0. The molecule has 0 heterocycles.